The monoisotopic (exact) mass is 218 g/mol. The summed E-state index contributed by atoms with van der Waals surface area (Å²) in [6.45, 7) is 1.12. The number of nitrogens with two attached hydrogens (primary N) is 1. The third-order valence-corrected chi connectivity index (χ3v) is 3.85. The van der Waals surface area contributed by atoms with Crippen LogP contribution in [0.5, 0.6) is 5.75 Å². The number of rotatable bonds is 1. The molecule has 1 saturated heterocycles. The third kappa shape index (κ3) is 1.31. The molecular formula is C13H18N2O. The average molecular weight is 218 g/mol. The first kappa shape index (κ1) is 9.97. The first-order valence-electron chi connectivity index (χ1n) is 5.99. The highest BCUT2D eigenvalue weighted by atomic mass is 16.5. The van der Waals surface area contributed by atoms with Gasteiger partial charge in [-0.2, -0.15) is 0 Å². The molecule has 0 amide bonds. The molecule has 3 nitrogen and oxygen atoms in total. The Hall–Kier alpha value is -1.22. The van der Waals surface area contributed by atoms with E-state index in [0.29, 0.717) is 12.1 Å². The summed E-state index contributed by atoms with van der Waals surface area (Å²) >= 11 is 0. The zero-order valence-corrected chi connectivity index (χ0v) is 9.65. The summed E-state index contributed by atoms with van der Waals surface area (Å²) in [5.74, 6) is 0.995. The van der Waals surface area contributed by atoms with Crippen LogP contribution in [0.15, 0.2) is 18.2 Å². The number of para-hydroxylation sites is 1. The molecule has 2 unspecified atom stereocenters. The molecule has 1 fully saturated rings. The van der Waals surface area contributed by atoms with Gasteiger partial charge in [-0.25, -0.2) is 0 Å². The normalized spacial score (nSPS) is 27.5. The Kier molecular flexibility index (Phi) is 2.28. The molecule has 0 saturated carbocycles. The number of fused-ring (bicyclic) bond motifs is 3. The number of hydrogen-bond acceptors (Lipinski definition) is 3. The van der Waals surface area contributed by atoms with Crippen LogP contribution in [0, 0.1) is 0 Å². The van der Waals surface area contributed by atoms with Crippen LogP contribution in [0.25, 0.3) is 0 Å². The fourth-order valence-corrected chi connectivity index (χ4v) is 3.07. The lowest BCUT2D eigenvalue weighted by atomic mass is 9.96. The summed E-state index contributed by atoms with van der Waals surface area (Å²) in [7, 11) is 1.74. The Morgan fingerprint density at radius 3 is 3.12 bits per heavy atom. The molecule has 2 N–H and O–H groups in total. The summed E-state index contributed by atoms with van der Waals surface area (Å²) in [5.41, 5.74) is 8.88. The quantitative estimate of drug-likeness (QED) is 0.777. The van der Waals surface area contributed by atoms with E-state index in [2.05, 4.69) is 17.0 Å². The van der Waals surface area contributed by atoms with Gasteiger partial charge in [0.15, 0.2) is 0 Å². The minimum absolute atomic E-state index is 0.311. The molecule has 0 aliphatic carbocycles. The molecule has 2 heterocycles. The minimum atomic E-state index is 0.311. The zero-order chi connectivity index (χ0) is 11.1. The Morgan fingerprint density at radius 1 is 1.44 bits per heavy atom. The molecule has 2 aliphatic heterocycles. The van der Waals surface area contributed by atoms with Crippen molar-refractivity contribution in [2.24, 2.45) is 5.73 Å². The fraction of sp³-hybridized carbons (Fsp3) is 0.538. The van der Waals surface area contributed by atoms with E-state index < -0.39 is 0 Å². The van der Waals surface area contributed by atoms with Crippen molar-refractivity contribution >= 4 is 5.69 Å². The number of piperidine rings is 1. The molecule has 1 aromatic carbocycles. The molecule has 3 rings (SSSR count). The molecule has 0 spiro atoms. The van der Waals surface area contributed by atoms with E-state index >= 15 is 0 Å². The Bertz CT molecular complexity index is 405. The van der Waals surface area contributed by atoms with Crippen LogP contribution >= 0.6 is 0 Å². The second-order valence-electron chi connectivity index (χ2n) is 4.74. The molecule has 0 aromatic heterocycles. The van der Waals surface area contributed by atoms with Gasteiger partial charge in [0.1, 0.15) is 5.75 Å². The van der Waals surface area contributed by atoms with Crippen molar-refractivity contribution < 1.29 is 4.74 Å². The summed E-state index contributed by atoms with van der Waals surface area (Å²) in [5, 5.41) is 0. The van der Waals surface area contributed by atoms with Crippen molar-refractivity contribution in [1.82, 2.24) is 0 Å². The predicted molar refractivity (Wildman–Crippen MR) is 65.0 cm³/mol. The largest absolute Gasteiger partial charge is 0.495 e. The first-order valence-corrected chi connectivity index (χ1v) is 5.99. The van der Waals surface area contributed by atoms with Gasteiger partial charge in [0.2, 0.25) is 0 Å². The number of methoxy groups -OCH3 is 1. The van der Waals surface area contributed by atoms with Gasteiger partial charge in [-0.1, -0.05) is 12.1 Å². The van der Waals surface area contributed by atoms with Gasteiger partial charge in [-0.15, -0.1) is 0 Å². The maximum atomic E-state index is 6.21. The van der Waals surface area contributed by atoms with Crippen molar-refractivity contribution in [2.75, 3.05) is 18.6 Å². The molecule has 0 bridgehead atoms. The number of nitrogens with zero attached hydrogens (tertiary/aromatic N) is 1. The van der Waals surface area contributed by atoms with Crippen LogP contribution in [0.2, 0.25) is 0 Å². The van der Waals surface area contributed by atoms with Crippen LogP contribution in [0.1, 0.15) is 18.4 Å². The summed E-state index contributed by atoms with van der Waals surface area (Å²) < 4.78 is 5.46. The van der Waals surface area contributed by atoms with Crippen LogP contribution < -0.4 is 15.4 Å². The second-order valence-corrected chi connectivity index (χ2v) is 4.74. The Morgan fingerprint density at radius 2 is 2.31 bits per heavy atom. The average Bonchev–Trinajstić information content (AvgIpc) is 2.69. The maximum absolute atomic E-state index is 6.21. The van der Waals surface area contributed by atoms with E-state index in [0.717, 1.165) is 25.1 Å². The van der Waals surface area contributed by atoms with Crippen molar-refractivity contribution in [3.8, 4) is 5.75 Å². The molecule has 0 radical (unpaired) electrons. The SMILES string of the molecule is COc1cccc2c1N1CCCC(N)C1C2. The number of ether oxygens (including phenoxy) is 1. The van der Waals surface area contributed by atoms with Gasteiger partial charge in [0.05, 0.1) is 12.8 Å². The highest BCUT2D eigenvalue weighted by molar-refractivity contribution is 5.68. The van der Waals surface area contributed by atoms with Gasteiger partial charge in [0, 0.05) is 18.6 Å². The standard InChI is InChI=1S/C13H18N2O/c1-16-12-6-2-4-9-8-11-10(14)5-3-7-15(11)13(9)12/h2,4,6,10-11H,3,5,7-8,14H2,1H3. The van der Waals surface area contributed by atoms with Crippen molar-refractivity contribution in [1.29, 1.82) is 0 Å². The third-order valence-electron chi connectivity index (χ3n) is 3.85. The van der Waals surface area contributed by atoms with Crippen LogP contribution in [-0.2, 0) is 6.42 Å². The zero-order valence-electron chi connectivity index (χ0n) is 9.65. The van der Waals surface area contributed by atoms with E-state index in [1.54, 1.807) is 7.11 Å². The molecular weight excluding hydrogens is 200 g/mol. The van der Waals surface area contributed by atoms with Gasteiger partial charge < -0.3 is 15.4 Å². The lowest BCUT2D eigenvalue weighted by Crippen LogP contribution is -2.50. The maximum Gasteiger partial charge on any atom is 0.142 e. The topological polar surface area (TPSA) is 38.5 Å². The smallest absolute Gasteiger partial charge is 0.142 e. The van der Waals surface area contributed by atoms with E-state index in [1.807, 2.05) is 6.07 Å². The number of anilines is 1. The lowest BCUT2D eigenvalue weighted by Gasteiger charge is -2.36. The van der Waals surface area contributed by atoms with E-state index in [4.69, 9.17) is 10.5 Å². The molecule has 16 heavy (non-hydrogen) atoms. The van der Waals surface area contributed by atoms with E-state index in [1.165, 1.54) is 17.7 Å². The van der Waals surface area contributed by atoms with E-state index in [9.17, 15) is 0 Å². The van der Waals surface area contributed by atoms with Gasteiger partial charge in [0.25, 0.3) is 0 Å². The molecule has 3 heteroatoms. The van der Waals surface area contributed by atoms with Crippen molar-refractivity contribution in [3.63, 3.8) is 0 Å². The predicted octanol–water partition coefficient (Wildman–Crippen LogP) is 1.55. The highest BCUT2D eigenvalue weighted by Crippen LogP contribution is 2.42. The van der Waals surface area contributed by atoms with E-state index in [-0.39, 0.29) is 0 Å². The number of hydrogen-bond donors (Lipinski definition) is 1. The van der Waals surface area contributed by atoms with Crippen molar-refractivity contribution in [3.05, 3.63) is 23.8 Å². The lowest BCUT2D eigenvalue weighted by molar-refractivity contribution is 0.397. The Labute approximate surface area is 96.2 Å². The summed E-state index contributed by atoms with van der Waals surface area (Å²) in [6, 6.07) is 7.11. The summed E-state index contributed by atoms with van der Waals surface area (Å²) in [4.78, 5) is 2.45. The minimum Gasteiger partial charge on any atom is -0.495 e. The van der Waals surface area contributed by atoms with Crippen LogP contribution in [0.4, 0.5) is 5.69 Å². The Balaban J connectivity index is 2.04. The second kappa shape index (κ2) is 3.67. The van der Waals surface area contributed by atoms with Crippen LogP contribution in [0.3, 0.4) is 0 Å². The van der Waals surface area contributed by atoms with Gasteiger partial charge in [-0.3, -0.25) is 0 Å². The van der Waals surface area contributed by atoms with Crippen LogP contribution in [-0.4, -0.2) is 25.7 Å². The highest BCUT2D eigenvalue weighted by Gasteiger charge is 2.37. The fourth-order valence-electron chi connectivity index (χ4n) is 3.07. The van der Waals surface area contributed by atoms with Crippen molar-refractivity contribution in [2.45, 2.75) is 31.3 Å². The number of benzene rings is 1. The molecule has 1 aromatic rings. The molecule has 86 valence electrons. The first-order chi connectivity index (χ1) is 7.81. The molecule has 2 aliphatic rings. The molecule has 2 atom stereocenters. The van der Waals surface area contributed by atoms with Gasteiger partial charge >= 0.3 is 0 Å². The van der Waals surface area contributed by atoms with Gasteiger partial charge in [-0.05, 0) is 30.9 Å². The summed E-state index contributed by atoms with van der Waals surface area (Å²) in [6.07, 6.45) is 3.42.